The lowest BCUT2D eigenvalue weighted by molar-refractivity contribution is -0.137. The highest BCUT2D eigenvalue weighted by atomic mass is 16.3. The first-order valence-electron chi connectivity index (χ1n) is 8.30. The lowest BCUT2D eigenvalue weighted by Crippen LogP contribution is -2.34. The van der Waals surface area contributed by atoms with Crippen LogP contribution in [0.2, 0.25) is 0 Å². The van der Waals surface area contributed by atoms with Crippen molar-refractivity contribution in [3.8, 4) is 17.1 Å². The predicted molar refractivity (Wildman–Crippen MR) is 98.7 cm³/mol. The lowest BCUT2D eigenvalue weighted by atomic mass is 10.2. The Labute approximate surface area is 153 Å². The Kier molecular flexibility index (Phi) is 4.09. The first-order chi connectivity index (χ1) is 13.0. The number of nitrogens with one attached hydrogen (secondary N) is 2. The molecule has 4 rings (SSSR count). The van der Waals surface area contributed by atoms with E-state index in [0.29, 0.717) is 11.5 Å². The van der Waals surface area contributed by atoms with Crippen LogP contribution < -0.4 is 5.32 Å². The summed E-state index contributed by atoms with van der Waals surface area (Å²) in [7, 11) is 0. The fourth-order valence-corrected chi connectivity index (χ4v) is 2.94. The number of carbonyl (C=O) groups is 2. The first kappa shape index (κ1) is 16.8. The molecule has 27 heavy (non-hydrogen) atoms. The van der Waals surface area contributed by atoms with Gasteiger partial charge in [0.05, 0.1) is 24.2 Å². The minimum absolute atomic E-state index is 0.0355. The van der Waals surface area contributed by atoms with E-state index in [1.165, 1.54) is 6.08 Å². The molecule has 0 saturated heterocycles. The van der Waals surface area contributed by atoms with Gasteiger partial charge in [-0.2, -0.15) is 0 Å². The van der Waals surface area contributed by atoms with Gasteiger partial charge >= 0.3 is 0 Å². The van der Waals surface area contributed by atoms with Gasteiger partial charge in [0.1, 0.15) is 17.3 Å². The Hall–Kier alpha value is -3.65. The number of imide groups is 1. The summed E-state index contributed by atoms with van der Waals surface area (Å²) < 4.78 is 0. The van der Waals surface area contributed by atoms with Gasteiger partial charge in [-0.05, 0) is 30.3 Å². The van der Waals surface area contributed by atoms with Crippen LogP contribution in [0.15, 0.2) is 54.2 Å². The number of fused-ring (bicyclic) bond motifs is 1. The molecule has 1 aliphatic rings. The minimum Gasteiger partial charge on any atom is -0.508 e. The number of phenols is 1. The molecule has 4 N–H and O–H groups in total. The van der Waals surface area contributed by atoms with Crippen LogP contribution in [0.4, 0.5) is 5.69 Å². The van der Waals surface area contributed by atoms with Crippen LogP contribution in [-0.4, -0.2) is 50.0 Å². The summed E-state index contributed by atoms with van der Waals surface area (Å²) in [5.41, 5.74) is 2.98. The summed E-state index contributed by atoms with van der Waals surface area (Å²) in [5, 5.41) is 21.5. The molecule has 136 valence electrons. The van der Waals surface area contributed by atoms with Crippen molar-refractivity contribution in [1.29, 1.82) is 0 Å². The van der Waals surface area contributed by atoms with Crippen LogP contribution in [0.1, 0.15) is 0 Å². The zero-order valence-corrected chi connectivity index (χ0v) is 14.1. The van der Waals surface area contributed by atoms with Crippen molar-refractivity contribution in [3.05, 3.63) is 54.2 Å². The molecule has 0 fully saturated rings. The third-order valence-corrected chi connectivity index (χ3v) is 4.21. The zero-order valence-electron chi connectivity index (χ0n) is 14.1. The Morgan fingerprint density at radius 3 is 2.78 bits per heavy atom. The van der Waals surface area contributed by atoms with Gasteiger partial charge in [-0.1, -0.05) is 12.1 Å². The smallest absolute Gasteiger partial charge is 0.277 e. The van der Waals surface area contributed by atoms with E-state index in [1.54, 1.807) is 36.4 Å². The normalized spacial score (nSPS) is 14.1. The molecule has 8 nitrogen and oxygen atoms in total. The second-order valence-electron chi connectivity index (χ2n) is 6.07. The van der Waals surface area contributed by atoms with E-state index in [4.69, 9.17) is 5.11 Å². The van der Waals surface area contributed by atoms with Gasteiger partial charge in [0.2, 0.25) is 0 Å². The molecule has 2 heterocycles. The summed E-state index contributed by atoms with van der Waals surface area (Å²) in [6, 6.07) is 12.1. The fraction of sp³-hybridized carbons (Fsp3) is 0.105. The average molecular weight is 364 g/mol. The largest absolute Gasteiger partial charge is 0.508 e. The molecule has 2 amide bonds. The highest BCUT2D eigenvalue weighted by Crippen LogP contribution is 2.26. The number of β-amino-alcohol motifs (C(OH)–C–C–N with tert-alkyl or cyclic N) is 1. The van der Waals surface area contributed by atoms with Crippen LogP contribution in [0, 0.1) is 0 Å². The number of amides is 2. The minimum atomic E-state index is -0.473. The van der Waals surface area contributed by atoms with Crippen LogP contribution in [0.25, 0.3) is 22.4 Å². The predicted octanol–water partition coefficient (Wildman–Crippen LogP) is 1.59. The molecule has 1 aromatic heterocycles. The topological polar surface area (TPSA) is 119 Å². The van der Waals surface area contributed by atoms with Crippen LogP contribution in [0.5, 0.6) is 5.75 Å². The maximum Gasteiger partial charge on any atom is 0.277 e. The summed E-state index contributed by atoms with van der Waals surface area (Å²) in [6.45, 7) is -0.317. The molecule has 2 aromatic carbocycles. The number of nitrogens with zero attached hydrogens (tertiary/aromatic N) is 2. The number of aromatic nitrogens is 2. The molecule has 3 aromatic rings. The van der Waals surface area contributed by atoms with Gasteiger partial charge < -0.3 is 20.5 Å². The van der Waals surface area contributed by atoms with Crippen LogP contribution in [0.3, 0.4) is 0 Å². The van der Waals surface area contributed by atoms with Crippen molar-refractivity contribution in [3.63, 3.8) is 0 Å². The number of H-pyrrole nitrogens is 1. The number of aromatic hydroxyl groups is 1. The quantitative estimate of drug-likeness (QED) is 0.511. The fourth-order valence-electron chi connectivity index (χ4n) is 2.94. The number of carbonyl (C=O) groups excluding carboxylic acids is 2. The summed E-state index contributed by atoms with van der Waals surface area (Å²) in [6.07, 6.45) is 1.22. The van der Waals surface area contributed by atoms with E-state index < -0.39 is 11.8 Å². The SMILES string of the molecule is O=C1C=C(Nc2ccc3nc(-c4cccc(O)c4)[nH]c3c2)C(=O)N1CCO. The van der Waals surface area contributed by atoms with Crippen LogP contribution >= 0.6 is 0 Å². The third-order valence-electron chi connectivity index (χ3n) is 4.21. The monoisotopic (exact) mass is 364 g/mol. The molecule has 0 aliphatic carbocycles. The molecular formula is C19H16N4O4. The average Bonchev–Trinajstić information content (AvgIpc) is 3.18. The molecule has 0 unspecified atom stereocenters. The number of anilines is 1. The number of imidazole rings is 1. The van der Waals surface area contributed by atoms with Gasteiger partial charge in [0, 0.05) is 17.3 Å². The van der Waals surface area contributed by atoms with Gasteiger partial charge in [-0.3, -0.25) is 14.5 Å². The third kappa shape index (κ3) is 3.13. The Balaban J connectivity index is 1.60. The summed E-state index contributed by atoms with van der Waals surface area (Å²) >= 11 is 0. The number of hydrogen-bond donors (Lipinski definition) is 4. The van der Waals surface area contributed by atoms with Crippen molar-refractivity contribution in [1.82, 2.24) is 14.9 Å². The standard InChI is InChI=1S/C19H16N4O4/c24-7-6-23-17(26)10-16(19(23)27)20-12-4-5-14-15(9-12)22-18(21-14)11-2-1-3-13(25)8-11/h1-5,8-10,20,24-25H,6-7H2,(H,21,22). The van der Waals surface area contributed by atoms with E-state index in [0.717, 1.165) is 21.5 Å². The number of phenolic OH excluding ortho intramolecular Hbond substituents is 1. The van der Waals surface area contributed by atoms with E-state index >= 15 is 0 Å². The highest BCUT2D eigenvalue weighted by molar-refractivity contribution is 6.17. The molecule has 0 spiro atoms. The van der Waals surface area contributed by atoms with E-state index in [1.807, 2.05) is 6.07 Å². The van der Waals surface area contributed by atoms with Gasteiger partial charge in [0.25, 0.3) is 11.8 Å². The molecule has 8 heteroatoms. The van der Waals surface area contributed by atoms with Crippen molar-refractivity contribution in [2.45, 2.75) is 0 Å². The molecule has 1 aliphatic heterocycles. The van der Waals surface area contributed by atoms with E-state index in [2.05, 4.69) is 15.3 Å². The second kappa shape index (κ2) is 6.58. The maximum atomic E-state index is 12.2. The molecule has 0 atom stereocenters. The van der Waals surface area contributed by atoms with E-state index in [-0.39, 0.29) is 24.6 Å². The molecule has 0 bridgehead atoms. The Morgan fingerprint density at radius 2 is 2.00 bits per heavy atom. The number of benzene rings is 2. The first-order valence-corrected chi connectivity index (χ1v) is 8.30. The Bertz CT molecular complexity index is 1090. The van der Waals surface area contributed by atoms with Crippen molar-refractivity contribution < 1.29 is 19.8 Å². The van der Waals surface area contributed by atoms with Crippen molar-refractivity contribution in [2.75, 3.05) is 18.5 Å². The lowest BCUT2D eigenvalue weighted by Gasteiger charge is -2.13. The van der Waals surface area contributed by atoms with Gasteiger partial charge in [-0.15, -0.1) is 0 Å². The van der Waals surface area contributed by atoms with E-state index in [9.17, 15) is 14.7 Å². The van der Waals surface area contributed by atoms with Gasteiger partial charge in [0.15, 0.2) is 0 Å². The number of hydrogen-bond acceptors (Lipinski definition) is 6. The van der Waals surface area contributed by atoms with Crippen LogP contribution in [-0.2, 0) is 9.59 Å². The summed E-state index contributed by atoms with van der Waals surface area (Å²) in [5.74, 6) is -0.165. The zero-order chi connectivity index (χ0) is 19.0. The highest BCUT2D eigenvalue weighted by Gasteiger charge is 2.30. The summed E-state index contributed by atoms with van der Waals surface area (Å²) in [4.78, 5) is 32.7. The van der Waals surface area contributed by atoms with Crippen molar-refractivity contribution in [2.24, 2.45) is 0 Å². The molecular weight excluding hydrogens is 348 g/mol. The Morgan fingerprint density at radius 1 is 1.15 bits per heavy atom. The number of aliphatic hydroxyl groups excluding tert-OH is 1. The van der Waals surface area contributed by atoms with Gasteiger partial charge in [-0.25, -0.2) is 4.98 Å². The second-order valence-corrected chi connectivity index (χ2v) is 6.07. The number of aliphatic hydroxyl groups is 1. The number of rotatable bonds is 5. The molecule has 0 saturated carbocycles. The molecule has 0 radical (unpaired) electrons. The number of aromatic amines is 1. The van der Waals surface area contributed by atoms with Crippen molar-refractivity contribution >= 4 is 28.5 Å². The maximum absolute atomic E-state index is 12.2.